The molecule has 6 nitrogen and oxygen atoms in total. The Morgan fingerprint density at radius 3 is 3.17 bits per heavy atom. The first kappa shape index (κ1) is 13.0. The van der Waals surface area contributed by atoms with E-state index in [1.54, 1.807) is 13.2 Å². The van der Waals surface area contributed by atoms with Crippen LogP contribution >= 0.6 is 0 Å². The zero-order chi connectivity index (χ0) is 13.0. The zero-order valence-electron chi connectivity index (χ0n) is 10.9. The molecule has 0 aromatic carbocycles. The van der Waals surface area contributed by atoms with Crippen molar-refractivity contribution in [2.45, 2.75) is 26.1 Å². The van der Waals surface area contributed by atoms with Crippen LogP contribution in [0.2, 0.25) is 0 Å². The molecule has 0 spiro atoms. The Morgan fingerprint density at radius 1 is 1.56 bits per heavy atom. The molecule has 1 fully saturated rings. The summed E-state index contributed by atoms with van der Waals surface area (Å²) in [5.41, 5.74) is 5.81. The van der Waals surface area contributed by atoms with Gasteiger partial charge in [-0.1, -0.05) is 0 Å². The van der Waals surface area contributed by atoms with E-state index in [1.807, 2.05) is 0 Å². The van der Waals surface area contributed by atoms with Gasteiger partial charge >= 0.3 is 0 Å². The van der Waals surface area contributed by atoms with Crippen LogP contribution in [-0.4, -0.2) is 42.9 Å². The lowest BCUT2D eigenvalue weighted by molar-refractivity contribution is 0.0820. The maximum Gasteiger partial charge on any atom is 0.158 e. The van der Waals surface area contributed by atoms with Gasteiger partial charge in [-0.05, 0) is 13.3 Å². The van der Waals surface area contributed by atoms with E-state index < -0.39 is 0 Å². The molecule has 0 saturated carbocycles. The second kappa shape index (κ2) is 5.97. The molecule has 1 aromatic rings. The van der Waals surface area contributed by atoms with E-state index in [0.29, 0.717) is 18.2 Å². The van der Waals surface area contributed by atoms with Crippen molar-refractivity contribution in [1.82, 2.24) is 9.97 Å². The molecule has 1 unspecified atom stereocenters. The first-order valence-electron chi connectivity index (χ1n) is 6.18. The summed E-state index contributed by atoms with van der Waals surface area (Å²) in [6, 6.07) is 1.80. The van der Waals surface area contributed by atoms with Crippen LogP contribution in [0.3, 0.4) is 0 Å². The summed E-state index contributed by atoms with van der Waals surface area (Å²) in [5.74, 6) is 1.95. The van der Waals surface area contributed by atoms with Gasteiger partial charge in [0.1, 0.15) is 18.2 Å². The number of rotatable bonds is 3. The van der Waals surface area contributed by atoms with Crippen molar-refractivity contribution in [2.24, 2.45) is 0 Å². The number of nitrogen functional groups attached to an aromatic ring is 1. The van der Waals surface area contributed by atoms with Crippen molar-refractivity contribution in [3.8, 4) is 0 Å². The normalized spacial score (nSPS) is 20.8. The van der Waals surface area contributed by atoms with E-state index in [-0.39, 0.29) is 6.10 Å². The molecular weight excluding hydrogens is 232 g/mol. The first-order chi connectivity index (χ1) is 8.69. The van der Waals surface area contributed by atoms with Crippen molar-refractivity contribution in [2.75, 3.05) is 37.4 Å². The number of hydrogen-bond donors (Lipinski definition) is 1. The summed E-state index contributed by atoms with van der Waals surface area (Å²) in [6.07, 6.45) is 1.20. The van der Waals surface area contributed by atoms with Crippen LogP contribution in [-0.2, 0) is 16.1 Å². The molecule has 2 heterocycles. The molecule has 0 aliphatic carbocycles. The Labute approximate surface area is 107 Å². The van der Waals surface area contributed by atoms with E-state index >= 15 is 0 Å². The van der Waals surface area contributed by atoms with Crippen LogP contribution in [0.15, 0.2) is 6.07 Å². The smallest absolute Gasteiger partial charge is 0.158 e. The van der Waals surface area contributed by atoms with Crippen molar-refractivity contribution in [3.63, 3.8) is 0 Å². The lowest BCUT2D eigenvalue weighted by Crippen LogP contribution is -2.31. The summed E-state index contributed by atoms with van der Waals surface area (Å²) in [5, 5.41) is 0. The minimum Gasteiger partial charge on any atom is -0.384 e. The number of ether oxygens (including phenoxy) is 2. The fourth-order valence-electron chi connectivity index (χ4n) is 2.06. The van der Waals surface area contributed by atoms with Gasteiger partial charge in [-0.25, -0.2) is 9.97 Å². The molecule has 0 amide bonds. The van der Waals surface area contributed by atoms with E-state index in [1.165, 1.54) is 0 Å². The average molecular weight is 252 g/mol. The Balaban J connectivity index is 2.19. The largest absolute Gasteiger partial charge is 0.384 e. The third-order valence-corrected chi connectivity index (χ3v) is 2.83. The third kappa shape index (κ3) is 3.30. The fraction of sp³-hybridized carbons (Fsp3) is 0.667. The van der Waals surface area contributed by atoms with E-state index in [4.69, 9.17) is 15.2 Å². The number of nitrogens with zero attached hydrogens (tertiary/aromatic N) is 3. The molecule has 1 aliphatic rings. The number of nitrogens with two attached hydrogens (primary N) is 1. The van der Waals surface area contributed by atoms with Crippen LogP contribution in [0.25, 0.3) is 0 Å². The van der Waals surface area contributed by atoms with Gasteiger partial charge in [-0.2, -0.15) is 0 Å². The molecule has 6 heteroatoms. The fourth-order valence-corrected chi connectivity index (χ4v) is 2.06. The number of anilines is 2. The highest BCUT2D eigenvalue weighted by atomic mass is 16.5. The number of aromatic nitrogens is 2. The first-order valence-corrected chi connectivity index (χ1v) is 6.18. The molecule has 100 valence electrons. The number of methoxy groups -OCH3 is 1. The van der Waals surface area contributed by atoms with Gasteiger partial charge in [0.25, 0.3) is 0 Å². The van der Waals surface area contributed by atoms with Gasteiger partial charge in [-0.3, -0.25) is 0 Å². The second-order valence-corrected chi connectivity index (χ2v) is 4.48. The van der Waals surface area contributed by atoms with Gasteiger partial charge in [-0.15, -0.1) is 0 Å². The molecule has 2 rings (SSSR count). The monoisotopic (exact) mass is 252 g/mol. The van der Waals surface area contributed by atoms with E-state index in [2.05, 4.69) is 21.8 Å². The quantitative estimate of drug-likeness (QED) is 0.858. The topological polar surface area (TPSA) is 73.5 Å². The Morgan fingerprint density at radius 2 is 2.39 bits per heavy atom. The molecule has 2 N–H and O–H groups in total. The molecule has 1 aromatic heterocycles. The molecule has 0 bridgehead atoms. The average Bonchev–Trinajstić information content (AvgIpc) is 2.53. The summed E-state index contributed by atoms with van der Waals surface area (Å²) < 4.78 is 10.7. The van der Waals surface area contributed by atoms with Crippen molar-refractivity contribution >= 4 is 11.6 Å². The molecule has 1 atom stereocenters. The zero-order valence-corrected chi connectivity index (χ0v) is 10.9. The number of hydrogen-bond acceptors (Lipinski definition) is 6. The van der Waals surface area contributed by atoms with Crippen LogP contribution in [0.4, 0.5) is 11.6 Å². The van der Waals surface area contributed by atoms with Gasteiger partial charge in [0.15, 0.2) is 5.82 Å². The lowest BCUT2D eigenvalue weighted by Gasteiger charge is -2.23. The van der Waals surface area contributed by atoms with Crippen molar-refractivity contribution < 1.29 is 9.47 Å². The molecule has 18 heavy (non-hydrogen) atoms. The van der Waals surface area contributed by atoms with Crippen molar-refractivity contribution in [1.29, 1.82) is 0 Å². The van der Waals surface area contributed by atoms with Gasteiger partial charge in [0, 0.05) is 32.9 Å². The van der Waals surface area contributed by atoms with E-state index in [0.717, 1.165) is 31.9 Å². The van der Waals surface area contributed by atoms with Gasteiger partial charge < -0.3 is 20.1 Å². The molecule has 1 saturated heterocycles. The summed E-state index contributed by atoms with van der Waals surface area (Å²) in [4.78, 5) is 10.8. The highest BCUT2D eigenvalue weighted by Gasteiger charge is 2.17. The van der Waals surface area contributed by atoms with Gasteiger partial charge in [0.2, 0.25) is 0 Å². The minimum atomic E-state index is 0.203. The van der Waals surface area contributed by atoms with Gasteiger partial charge in [0.05, 0.1) is 6.10 Å². The highest BCUT2D eigenvalue weighted by molar-refractivity contribution is 5.47. The Hall–Kier alpha value is -1.40. The minimum absolute atomic E-state index is 0.203. The van der Waals surface area contributed by atoms with Crippen molar-refractivity contribution in [3.05, 3.63) is 11.9 Å². The predicted octanol–water partition coefficient (Wildman–Crippen LogP) is 0.820. The summed E-state index contributed by atoms with van der Waals surface area (Å²) >= 11 is 0. The molecule has 1 aliphatic heterocycles. The summed E-state index contributed by atoms with van der Waals surface area (Å²) in [7, 11) is 1.62. The van der Waals surface area contributed by atoms with E-state index in [9.17, 15) is 0 Å². The van der Waals surface area contributed by atoms with Crippen LogP contribution in [0.5, 0.6) is 0 Å². The highest BCUT2D eigenvalue weighted by Crippen LogP contribution is 2.17. The SMILES string of the molecule is COCc1nc(N)cc(N2CCCOC(C)C2)n1. The standard InChI is InChI=1S/C12H20N4O2/c1-9-7-16(4-3-5-18-9)12-6-10(13)14-11(15-12)8-17-2/h6,9H,3-5,7-8H2,1-2H3,(H2,13,14,15). The Bertz CT molecular complexity index is 400. The maximum atomic E-state index is 5.81. The predicted molar refractivity (Wildman–Crippen MR) is 69.4 cm³/mol. The molecular formula is C12H20N4O2. The van der Waals surface area contributed by atoms with Crippen LogP contribution in [0.1, 0.15) is 19.2 Å². The maximum absolute atomic E-state index is 5.81. The molecule has 0 radical (unpaired) electrons. The lowest BCUT2D eigenvalue weighted by atomic mass is 10.3. The van der Waals surface area contributed by atoms with Crippen LogP contribution < -0.4 is 10.6 Å². The Kier molecular flexibility index (Phi) is 4.33. The van der Waals surface area contributed by atoms with Crippen LogP contribution in [0, 0.1) is 0 Å². The second-order valence-electron chi connectivity index (χ2n) is 4.48. The summed E-state index contributed by atoms with van der Waals surface area (Å²) in [6.45, 7) is 4.98. The third-order valence-electron chi connectivity index (χ3n) is 2.83.